The third kappa shape index (κ3) is 2.15. The number of fused-ring (bicyclic) bond motifs is 1. The van der Waals surface area contributed by atoms with E-state index < -0.39 is 11.7 Å². The first-order valence-corrected chi connectivity index (χ1v) is 7.04. The summed E-state index contributed by atoms with van der Waals surface area (Å²) in [5.74, 6) is 0.685. The van der Waals surface area contributed by atoms with Gasteiger partial charge < -0.3 is 4.57 Å². The third-order valence-electron chi connectivity index (χ3n) is 3.80. The first kappa shape index (κ1) is 13.3. The first-order chi connectivity index (χ1) is 10.5. The highest BCUT2D eigenvalue weighted by molar-refractivity contribution is 5.78. The predicted octanol–water partition coefficient (Wildman–Crippen LogP) is 4.45. The van der Waals surface area contributed by atoms with E-state index in [4.69, 9.17) is 0 Å². The van der Waals surface area contributed by atoms with E-state index in [1.807, 2.05) is 34.9 Å². The van der Waals surface area contributed by atoms with Crippen LogP contribution in [0.3, 0.4) is 0 Å². The maximum Gasteiger partial charge on any atom is 0.417 e. The van der Waals surface area contributed by atoms with Crippen molar-refractivity contribution in [3.05, 3.63) is 48.2 Å². The van der Waals surface area contributed by atoms with Crippen molar-refractivity contribution in [2.24, 2.45) is 0 Å². The molecule has 4 rings (SSSR count). The van der Waals surface area contributed by atoms with E-state index in [0.29, 0.717) is 17.0 Å². The maximum absolute atomic E-state index is 12.8. The minimum atomic E-state index is -4.41. The Balaban J connectivity index is 1.95. The molecule has 0 atom stereocenters. The number of hydrogen-bond donors (Lipinski definition) is 0. The zero-order chi connectivity index (χ0) is 15.3. The molecule has 0 unspecified atom stereocenters. The van der Waals surface area contributed by atoms with Crippen LogP contribution in [-0.4, -0.2) is 14.5 Å². The Morgan fingerprint density at radius 1 is 1.09 bits per heavy atom. The van der Waals surface area contributed by atoms with E-state index >= 15 is 0 Å². The Kier molecular flexibility index (Phi) is 2.76. The Hall–Kier alpha value is -2.37. The van der Waals surface area contributed by atoms with Gasteiger partial charge in [-0.1, -0.05) is 30.3 Å². The molecular formula is C16H12F3N3. The molecule has 0 N–H and O–H groups in total. The zero-order valence-electron chi connectivity index (χ0n) is 11.5. The molecule has 3 nitrogen and oxygen atoms in total. The highest BCUT2D eigenvalue weighted by atomic mass is 19.4. The molecule has 3 aromatic rings. The Labute approximate surface area is 124 Å². The maximum atomic E-state index is 12.8. The summed E-state index contributed by atoms with van der Waals surface area (Å²) in [4.78, 5) is 8.45. The van der Waals surface area contributed by atoms with Crippen LogP contribution in [0.5, 0.6) is 0 Å². The summed E-state index contributed by atoms with van der Waals surface area (Å²) in [5, 5.41) is 0. The van der Waals surface area contributed by atoms with E-state index in [0.717, 1.165) is 30.7 Å². The molecule has 2 heterocycles. The van der Waals surface area contributed by atoms with Crippen LogP contribution in [0.2, 0.25) is 0 Å². The fourth-order valence-corrected chi connectivity index (χ4v) is 2.61. The summed E-state index contributed by atoms with van der Waals surface area (Å²) in [6.45, 7) is 0. The van der Waals surface area contributed by atoms with Crippen LogP contribution in [0.1, 0.15) is 24.4 Å². The topological polar surface area (TPSA) is 30.7 Å². The molecule has 0 spiro atoms. The summed E-state index contributed by atoms with van der Waals surface area (Å²) in [6, 6.07) is 10.8. The monoisotopic (exact) mass is 303 g/mol. The standard InChI is InChI=1S/C16H12F3N3/c17-16(18,19)11-8-13-15(20-9-11)22(12-6-7-12)14(21-13)10-4-2-1-3-5-10/h1-5,8-9,12H,6-7H2. The van der Waals surface area contributed by atoms with Crippen molar-refractivity contribution in [2.75, 3.05) is 0 Å². The molecule has 1 aliphatic rings. The molecule has 22 heavy (non-hydrogen) atoms. The highest BCUT2D eigenvalue weighted by Crippen LogP contribution is 2.41. The molecule has 2 aromatic heterocycles. The molecule has 112 valence electrons. The van der Waals surface area contributed by atoms with Crippen molar-refractivity contribution in [2.45, 2.75) is 25.1 Å². The number of halogens is 3. The van der Waals surface area contributed by atoms with Gasteiger partial charge in [-0.3, -0.25) is 0 Å². The number of hydrogen-bond acceptors (Lipinski definition) is 2. The molecule has 1 fully saturated rings. The van der Waals surface area contributed by atoms with Gasteiger partial charge in [0.25, 0.3) is 0 Å². The summed E-state index contributed by atoms with van der Waals surface area (Å²) < 4.78 is 40.5. The third-order valence-corrected chi connectivity index (χ3v) is 3.80. The van der Waals surface area contributed by atoms with Crippen molar-refractivity contribution in [3.8, 4) is 11.4 Å². The quantitative estimate of drug-likeness (QED) is 0.700. The van der Waals surface area contributed by atoms with Crippen molar-refractivity contribution in [1.82, 2.24) is 14.5 Å². The van der Waals surface area contributed by atoms with Gasteiger partial charge in [-0.25, -0.2) is 9.97 Å². The van der Waals surface area contributed by atoms with Crippen LogP contribution in [0.15, 0.2) is 42.6 Å². The van der Waals surface area contributed by atoms with Crippen LogP contribution in [0, 0.1) is 0 Å². The van der Waals surface area contributed by atoms with Gasteiger partial charge in [-0.2, -0.15) is 13.2 Å². The average molecular weight is 303 g/mol. The van der Waals surface area contributed by atoms with Gasteiger partial charge in [0.05, 0.1) is 5.56 Å². The SMILES string of the molecule is FC(F)(F)c1cnc2c(c1)nc(-c1ccccc1)n2C1CC1. The molecule has 0 radical (unpaired) electrons. The van der Waals surface area contributed by atoms with Gasteiger partial charge in [0.15, 0.2) is 5.65 Å². The fraction of sp³-hybridized carbons (Fsp3) is 0.250. The second kappa shape index (κ2) is 4.56. The predicted molar refractivity (Wildman–Crippen MR) is 76.2 cm³/mol. The first-order valence-electron chi connectivity index (χ1n) is 7.04. The minimum absolute atomic E-state index is 0.282. The molecule has 1 aliphatic carbocycles. The lowest BCUT2D eigenvalue weighted by atomic mass is 10.2. The number of pyridine rings is 1. The van der Waals surface area contributed by atoms with E-state index in [1.165, 1.54) is 0 Å². The fourth-order valence-electron chi connectivity index (χ4n) is 2.61. The summed E-state index contributed by atoms with van der Waals surface area (Å²) in [5.41, 5.74) is 0.941. The second-order valence-corrected chi connectivity index (χ2v) is 5.47. The summed E-state index contributed by atoms with van der Waals surface area (Å²) in [7, 11) is 0. The van der Waals surface area contributed by atoms with Gasteiger partial charge in [0.1, 0.15) is 11.3 Å². The van der Waals surface area contributed by atoms with Gasteiger partial charge in [-0.05, 0) is 18.9 Å². The molecule has 0 amide bonds. The van der Waals surface area contributed by atoms with Crippen LogP contribution in [0.4, 0.5) is 13.2 Å². The van der Waals surface area contributed by atoms with E-state index in [1.54, 1.807) is 0 Å². The minimum Gasteiger partial charge on any atom is -0.306 e. The molecule has 0 bridgehead atoms. The van der Waals surface area contributed by atoms with Gasteiger partial charge in [0.2, 0.25) is 0 Å². The Morgan fingerprint density at radius 2 is 1.82 bits per heavy atom. The van der Waals surface area contributed by atoms with Crippen LogP contribution >= 0.6 is 0 Å². The molecular weight excluding hydrogens is 291 g/mol. The normalized spacial score (nSPS) is 15.4. The Bertz CT molecular complexity index is 833. The lowest BCUT2D eigenvalue weighted by Crippen LogP contribution is -2.05. The van der Waals surface area contributed by atoms with Gasteiger partial charge in [-0.15, -0.1) is 0 Å². The number of imidazole rings is 1. The lowest BCUT2D eigenvalue weighted by Gasteiger charge is -2.07. The molecule has 6 heteroatoms. The number of alkyl halides is 3. The number of aromatic nitrogens is 3. The summed E-state index contributed by atoms with van der Waals surface area (Å²) >= 11 is 0. The smallest absolute Gasteiger partial charge is 0.306 e. The van der Waals surface area contributed by atoms with Crippen molar-refractivity contribution in [1.29, 1.82) is 0 Å². The largest absolute Gasteiger partial charge is 0.417 e. The van der Waals surface area contributed by atoms with Gasteiger partial charge in [0, 0.05) is 17.8 Å². The van der Waals surface area contributed by atoms with Crippen molar-refractivity contribution in [3.63, 3.8) is 0 Å². The molecule has 0 saturated heterocycles. The van der Waals surface area contributed by atoms with Gasteiger partial charge >= 0.3 is 6.18 Å². The number of rotatable bonds is 2. The molecule has 1 aromatic carbocycles. The number of nitrogens with zero attached hydrogens (tertiary/aromatic N) is 3. The van der Waals surface area contributed by atoms with Crippen molar-refractivity contribution < 1.29 is 13.2 Å². The van der Waals surface area contributed by atoms with Crippen LogP contribution < -0.4 is 0 Å². The lowest BCUT2D eigenvalue weighted by molar-refractivity contribution is -0.137. The van der Waals surface area contributed by atoms with Crippen LogP contribution in [0.25, 0.3) is 22.6 Å². The molecule has 0 aliphatic heterocycles. The average Bonchev–Trinajstić information content (AvgIpc) is 3.26. The number of benzene rings is 1. The zero-order valence-corrected chi connectivity index (χ0v) is 11.5. The van der Waals surface area contributed by atoms with E-state index in [9.17, 15) is 13.2 Å². The van der Waals surface area contributed by atoms with E-state index in [-0.39, 0.29) is 6.04 Å². The summed E-state index contributed by atoms with van der Waals surface area (Å²) in [6.07, 6.45) is -1.50. The Morgan fingerprint density at radius 3 is 2.45 bits per heavy atom. The van der Waals surface area contributed by atoms with E-state index in [2.05, 4.69) is 9.97 Å². The second-order valence-electron chi connectivity index (χ2n) is 5.47. The van der Waals surface area contributed by atoms with Crippen molar-refractivity contribution >= 4 is 11.2 Å². The highest BCUT2D eigenvalue weighted by Gasteiger charge is 2.33. The molecule has 1 saturated carbocycles. The van der Waals surface area contributed by atoms with Crippen LogP contribution in [-0.2, 0) is 6.18 Å².